The van der Waals surface area contributed by atoms with Crippen molar-refractivity contribution in [3.63, 3.8) is 0 Å². The van der Waals surface area contributed by atoms with Gasteiger partial charge in [-0.1, -0.05) is 0 Å². The van der Waals surface area contributed by atoms with Gasteiger partial charge < -0.3 is 10.1 Å². The standard InChI is InChI=1S/C11H6FN3O3/c12-4-1-2-6-5(3-4)8-9(13-6)7(11(17)18)10(16)15-14-8/h1-3,13H,(H,15,16)(H,17,18). The van der Waals surface area contributed by atoms with Crippen LogP contribution in [-0.4, -0.2) is 26.3 Å². The summed E-state index contributed by atoms with van der Waals surface area (Å²) < 4.78 is 13.2. The van der Waals surface area contributed by atoms with E-state index in [-0.39, 0.29) is 11.0 Å². The van der Waals surface area contributed by atoms with E-state index in [1.54, 1.807) is 0 Å². The Bertz CT molecular complexity index is 850. The molecule has 7 heteroatoms. The van der Waals surface area contributed by atoms with Gasteiger partial charge in [-0.2, -0.15) is 5.10 Å². The van der Waals surface area contributed by atoms with Crippen LogP contribution in [0, 0.1) is 5.82 Å². The van der Waals surface area contributed by atoms with Crippen LogP contribution in [0.5, 0.6) is 0 Å². The quantitative estimate of drug-likeness (QED) is 0.602. The summed E-state index contributed by atoms with van der Waals surface area (Å²) in [5.74, 6) is -1.83. The Balaban J connectivity index is 2.58. The topological polar surface area (TPSA) is 98.8 Å². The van der Waals surface area contributed by atoms with E-state index in [4.69, 9.17) is 5.11 Å². The minimum absolute atomic E-state index is 0.0897. The number of carbonyl (C=O) groups is 1. The Kier molecular flexibility index (Phi) is 1.97. The van der Waals surface area contributed by atoms with E-state index in [9.17, 15) is 14.0 Å². The molecule has 3 N–H and O–H groups in total. The van der Waals surface area contributed by atoms with Crippen LogP contribution in [-0.2, 0) is 0 Å². The Morgan fingerprint density at radius 1 is 1.39 bits per heavy atom. The smallest absolute Gasteiger partial charge is 0.343 e. The molecule has 0 aliphatic rings. The van der Waals surface area contributed by atoms with Gasteiger partial charge in [0.1, 0.15) is 11.3 Å². The molecule has 0 bridgehead atoms. The molecule has 0 spiro atoms. The fourth-order valence-electron chi connectivity index (χ4n) is 1.93. The first kappa shape index (κ1) is 10.5. The Morgan fingerprint density at radius 3 is 2.89 bits per heavy atom. The van der Waals surface area contributed by atoms with Crippen molar-refractivity contribution in [1.82, 2.24) is 15.2 Å². The molecular weight excluding hydrogens is 241 g/mol. The number of aromatic amines is 2. The van der Waals surface area contributed by atoms with Crippen molar-refractivity contribution >= 4 is 27.9 Å². The molecule has 6 nitrogen and oxygen atoms in total. The largest absolute Gasteiger partial charge is 0.477 e. The summed E-state index contributed by atoms with van der Waals surface area (Å²) in [7, 11) is 0. The molecule has 0 amide bonds. The van der Waals surface area contributed by atoms with Crippen LogP contribution < -0.4 is 5.56 Å². The normalized spacial score (nSPS) is 11.2. The van der Waals surface area contributed by atoms with E-state index >= 15 is 0 Å². The molecule has 2 heterocycles. The molecule has 0 radical (unpaired) electrons. The van der Waals surface area contributed by atoms with Crippen LogP contribution in [0.2, 0.25) is 0 Å². The number of carboxylic acid groups (broad SMARTS) is 1. The molecule has 0 fully saturated rings. The van der Waals surface area contributed by atoms with Crippen molar-refractivity contribution in [2.45, 2.75) is 0 Å². The van der Waals surface area contributed by atoms with E-state index in [0.29, 0.717) is 10.9 Å². The predicted octanol–water partition coefficient (Wildman–Crippen LogP) is 1.24. The Hall–Kier alpha value is -2.70. The second-order valence-corrected chi connectivity index (χ2v) is 3.77. The molecule has 0 atom stereocenters. The highest BCUT2D eigenvalue weighted by atomic mass is 19.1. The lowest BCUT2D eigenvalue weighted by atomic mass is 10.2. The van der Waals surface area contributed by atoms with Gasteiger partial charge in [-0.05, 0) is 18.2 Å². The van der Waals surface area contributed by atoms with Crippen molar-refractivity contribution in [1.29, 1.82) is 0 Å². The third-order valence-corrected chi connectivity index (χ3v) is 2.69. The second kappa shape index (κ2) is 3.39. The SMILES string of the molecule is O=C(O)c1c(=O)[nH]nc2c1[nH]c1ccc(F)cc12. The number of carboxylic acids is 1. The highest BCUT2D eigenvalue weighted by molar-refractivity contribution is 6.11. The van der Waals surface area contributed by atoms with Crippen molar-refractivity contribution in [3.8, 4) is 0 Å². The number of nitrogens with one attached hydrogen (secondary N) is 2. The van der Waals surface area contributed by atoms with E-state index in [2.05, 4.69) is 15.2 Å². The van der Waals surface area contributed by atoms with Crippen molar-refractivity contribution < 1.29 is 14.3 Å². The van der Waals surface area contributed by atoms with E-state index in [1.165, 1.54) is 18.2 Å². The molecule has 2 aromatic heterocycles. The zero-order valence-corrected chi connectivity index (χ0v) is 8.82. The van der Waals surface area contributed by atoms with Gasteiger partial charge in [0.2, 0.25) is 0 Å². The molecule has 0 saturated heterocycles. The molecule has 3 rings (SSSR count). The summed E-state index contributed by atoms with van der Waals surface area (Å²) in [6.45, 7) is 0. The molecular formula is C11H6FN3O3. The number of benzene rings is 1. The van der Waals surface area contributed by atoms with Crippen LogP contribution in [0.3, 0.4) is 0 Å². The molecule has 0 aliphatic carbocycles. The van der Waals surface area contributed by atoms with Gasteiger partial charge in [-0.3, -0.25) is 4.79 Å². The maximum Gasteiger partial charge on any atom is 0.343 e. The number of hydrogen-bond acceptors (Lipinski definition) is 3. The number of hydrogen-bond donors (Lipinski definition) is 3. The molecule has 18 heavy (non-hydrogen) atoms. The summed E-state index contributed by atoms with van der Waals surface area (Å²) in [5.41, 5.74) is -0.410. The lowest BCUT2D eigenvalue weighted by Gasteiger charge is -1.94. The summed E-state index contributed by atoms with van der Waals surface area (Å²) in [6.07, 6.45) is 0. The molecule has 0 aliphatic heterocycles. The highest BCUT2D eigenvalue weighted by Gasteiger charge is 2.18. The summed E-state index contributed by atoms with van der Waals surface area (Å²) in [6, 6.07) is 3.92. The van der Waals surface area contributed by atoms with Crippen molar-refractivity contribution in [3.05, 3.63) is 39.9 Å². The molecule has 0 saturated carbocycles. The van der Waals surface area contributed by atoms with Crippen LogP contribution in [0.4, 0.5) is 4.39 Å². The van der Waals surface area contributed by atoms with Gasteiger partial charge in [-0.25, -0.2) is 14.3 Å². The van der Waals surface area contributed by atoms with Crippen LogP contribution in [0.25, 0.3) is 21.9 Å². The number of fused-ring (bicyclic) bond motifs is 3. The molecule has 0 unspecified atom stereocenters. The zero-order valence-electron chi connectivity index (χ0n) is 8.82. The van der Waals surface area contributed by atoms with Gasteiger partial charge in [0.05, 0.1) is 5.52 Å². The predicted molar refractivity (Wildman–Crippen MR) is 61.1 cm³/mol. The average Bonchev–Trinajstić information content (AvgIpc) is 2.65. The second-order valence-electron chi connectivity index (χ2n) is 3.77. The van der Waals surface area contributed by atoms with Gasteiger partial charge in [0, 0.05) is 10.9 Å². The zero-order chi connectivity index (χ0) is 12.9. The molecule has 1 aromatic carbocycles. The number of aromatic nitrogens is 3. The van der Waals surface area contributed by atoms with E-state index < -0.39 is 22.9 Å². The number of rotatable bonds is 1. The van der Waals surface area contributed by atoms with Gasteiger partial charge in [-0.15, -0.1) is 0 Å². The third-order valence-electron chi connectivity index (χ3n) is 2.69. The van der Waals surface area contributed by atoms with Gasteiger partial charge >= 0.3 is 5.97 Å². The maximum atomic E-state index is 13.2. The van der Waals surface area contributed by atoms with Gasteiger partial charge in [0.15, 0.2) is 5.56 Å². The van der Waals surface area contributed by atoms with E-state index in [0.717, 1.165) is 0 Å². The fourth-order valence-corrected chi connectivity index (χ4v) is 1.93. The van der Waals surface area contributed by atoms with Gasteiger partial charge in [0.25, 0.3) is 5.56 Å². The lowest BCUT2D eigenvalue weighted by Crippen LogP contribution is -2.19. The minimum atomic E-state index is -1.37. The Labute approximate surface area is 98.1 Å². The number of nitrogens with zero attached hydrogens (tertiary/aromatic N) is 1. The molecule has 90 valence electrons. The Morgan fingerprint density at radius 2 is 2.17 bits per heavy atom. The number of halogens is 1. The third kappa shape index (κ3) is 1.30. The minimum Gasteiger partial charge on any atom is -0.477 e. The monoisotopic (exact) mass is 247 g/mol. The van der Waals surface area contributed by atoms with E-state index in [1.807, 2.05) is 0 Å². The van der Waals surface area contributed by atoms with Crippen molar-refractivity contribution in [2.24, 2.45) is 0 Å². The summed E-state index contributed by atoms with van der Waals surface area (Å²) in [4.78, 5) is 25.2. The summed E-state index contributed by atoms with van der Waals surface area (Å²) in [5, 5.41) is 15.3. The number of H-pyrrole nitrogens is 2. The fraction of sp³-hybridized carbons (Fsp3) is 0. The van der Waals surface area contributed by atoms with Crippen LogP contribution in [0.1, 0.15) is 10.4 Å². The summed E-state index contributed by atoms with van der Waals surface area (Å²) >= 11 is 0. The first-order valence-electron chi connectivity index (χ1n) is 5.01. The first-order valence-corrected chi connectivity index (χ1v) is 5.01. The average molecular weight is 247 g/mol. The number of aromatic carboxylic acids is 1. The highest BCUT2D eigenvalue weighted by Crippen LogP contribution is 2.24. The van der Waals surface area contributed by atoms with Crippen molar-refractivity contribution in [2.75, 3.05) is 0 Å². The first-order chi connectivity index (χ1) is 8.58. The van der Waals surface area contributed by atoms with Crippen LogP contribution >= 0.6 is 0 Å². The lowest BCUT2D eigenvalue weighted by molar-refractivity contribution is 0.0697. The van der Waals surface area contributed by atoms with Crippen LogP contribution in [0.15, 0.2) is 23.0 Å². The molecule has 3 aromatic rings. The maximum absolute atomic E-state index is 13.2.